The average molecular weight is 310 g/mol. The molecule has 7 nitrogen and oxygen atoms in total. The van der Waals surface area contributed by atoms with Gasteiger partial charge in [-0.25, -0.2) is 4.68 Å². The zero-order chi connectivity index (χ0) is 16.8. The Morgan fingerprint density at radius 3 is 2.73 bits per heavy atom. The zero-order valence-corrected chi connectivity index (χ0v) is 13.8. The lowest BCUT2D eigenvalue weighted by atomic mass is 9.90. The van der Waals surface area contributed by atoms with E-state index in [-0.39, 0.29) is 17.2 Å². The molecule has 1 amide bonds. The lowest BCUT2D eigenvalue weighted by Crippen LogP contribution is -2.52. The molecule has 1 atom stereocenters. The molecule has 124 valence electrons. The van der Waals surface area contributed by atoms with E-state index in [2.05, 4.69) is 24.3 Å². The van der Waals surface area contributed by atoms with Crippen molar-refractivity contribution in [1.29, 1.82) is 0 Å². The van der Waals surface area contributed by atoms with Crippen LogP contribution in [-0.4, -0.2) is 41.5 Å². The van der Waals surface area contributed by atoms with Crippen molar-refractivity contribution < 1.29 is 9.53 Å². The molecule has 0 spiro atoms. The molecule has 22 heavy (non-hydrogen) atoms. The summed E-state index contributed by atoms with van der Waals surface area (Å²) in [6, 6.07) is 2.76. The van der Waals surface area contributed by atoms with Crippen molar-refractivity contribution in [2.24, 2.45) is 11.7 Å². The predicted octanol–water partition coefficient (Wildman–Crippen LogP) is 0.383. The van der Waals surface area contributed by atoms with E-state index in [1.54, 1.807) is 7.11 Å². The number of amides is 1. The van der Waals surface area contributed by atoms with Gasteiger partial charge in [0.2, 0.25) is 0 Å². The monoisotopic (exact) mass is 310 g/mol. The molecule has 7 heteroatoms. The maximum absolute atomic E-state index is 12.4. The van der Waals surface area contributed by atoms with Gasteiger partial charge in [-0.15, -0.1) is 0 Å². The van der Waals surface area contributed by atoms with Gasteiger partial charge in [-0.2, -0.15) is 5.10 Å². The van der Waals surface area contributed by atoms with Crippen LogP contribution in [0.5, 0.6) is 0 Å². The molecule has 1 rings (SSSR count). The van der Waals surface area contributed by atoms with Crippen LogP contribution in [0.3, 0.4) is 0 Å². The Labute approximate surface area is 130 Å². The molecule has 0 fully saturated rings. The van der Waals surface area contributed by atoms with Crippen molar-refractivity contribution in [1.82, 2.24) is 15.1 Å². The zero-order valence-electron chi connectivity index (χ0n) is 13.8. The number of methoxy groups -OCH3 is 1. The molecule has 0 saturated carbocycles. The van der Waals surface area contributed by atoms with E-state index in [1.807, 2.05) is 6.92 Å². The Morgan fingerprint density at radius 2 is 2.18 bits per heavy atom. The molecule has 1 heterocycles. The third kappa shape index (κ3) is 5.23. The largest absolute Gasteiger partial charge is 0.383 e. The topological polar surface area (TPSA) is 99.2 Å². The SMILES string of the molecule is COCCn1nc(C(=O)NC(C)(CN)CC(C)C)ccc1=O. The Morgan fingerprint density at radius 1 is 1.50 bits per heavy atom. The summed E-state index contributed by atoms with van der Waals surface area (Å²) < 4.78 is 6.15. The summed E-state index contributed by atoms with van der Waals surface area (Å²) in [5.74, 6) is 0.0669. The summed E-state index contributed by atoms with van der Waals surface area (Å²) in [6.45, 7) is 7.04. The van der Waals surface area contributed by atoms with Gasteiger partial charge in [0.05, 0.1) is 18.7 Å². The second-order valence-corrected chi connectivity index (χ2v) is 6.09. The molecule has 0 saturated heterocycles. The fourth-order valence-corrected chi connectivity index (χ4v) is 2.33. The van der Waals surface area contributed by atoms with Crippen LogP contribution in [0.15, 0.2) is 16.9 Å². The highest BCUT2D eigenvalue weighted by Crippen LogP contribution is 2.15. The predicted molar refractivity (Wildman–Crippen MR) is 84.8 cm³/mol. The van der Waals surface area contributed by atoms with Gasteiger partial charge in [0.1, 0.15) is 5.69 Å². The van der Waals surface area contributed by atoms with Crippen LogP contribution in [0, 0.1) is 5.92 Å². The number of hydrogen-bond donors (Lipinski definition) is 2. The first-order valence-corrected chi connectivity index (χ1v) is 7.41. The van der Waals surface area contributed by atoms with E-state index in [0.717, 1.165) is 6.42 Å². The fraction of sp³-hybridized carbons (Fsp3) is 0.667. The van der Waals surface area contributed by atoms with Crippen molar-refractivity contribution >= 4 is 5.91 Å². The third-order valence-corrected chi connectivity index (χ3v) is 3.33. The lowest BCUT2D eigenvalue weighted by molar-refractivity contribution is 0.0889. The maximum Gasteiger partial charge on any atom is 0.272 e. The summed E-state index contributed by atoms with van der Waals surface area (Å²) in [5.41, 5.74) is 5.22. The van der Waals surface area contributed by atoms with Gasteiger partial charge in [0.25, 0.3) is 11.5 Å². The van der Waals surface area contributed by atoms with Crippen LogP contribution in [0.1, 0.15) is 37.7 Å². The van der Waals surface area contributed by atoms with Gasteiger partial charge in [-0.1, -0.05) is 13.8 Å². The lowest BCUT2D eigenvalue weighted by Gasteiger charge is -2.31. The van der Waals surface area contributed by atoms with Crippen molar-refractivity contribution in [3.8, 4) is 0 Å². The summed E-state index contributed by atoms with van der Waals surface area (Å²) >= 11 is 0. The van der Waals surface area contributed by atoms with E-state index >= 15 is 0 Å². The molecule has 0 aliphatic rings. The van der Waals surface area contributed by atoms with Gasteiger partial charge in [0.15, 0.2) is 0 Å². The minimum absolute atomic E-state index is 0.194. The normalized spacial score (nSPS) is 13.9. The number of carbonyl (C=O) groups excluding carboxylic acids is 1. The second-order valence-electron chi connectivity index (χ2n) is 6.09. The van der Waals surface area contributed by atoms with Crippen LogP contribution in [-0.2, 0) is 11.3 Å². The van der Waals surface area contributed by atoms with Gasteiger partial charge in [-0.05, 0) is 25.3 Å². The van der Waals surface area contributed by atoms with Crippen molar-refractivity contribution in [3.63, 3.8) is 0 Å². The first kappa shape index (κ1) is 18.3. The Balaban J connectivity index is 2.91. The third-order valence-electron chi connectivity index (χ3n) is 3.33. The van der Waals surface area contributed by atoms with Crippen molar-refractivity contribution in [3.05, 3.63) is 28.2 Å². The molecule has 0 aliphatic heterocycles. The Bertz CT molecular complexity index is 556. The molecule has 1 aromatic rings. The number of hydrogen-bond acceptors (Lipinski definition) is 5. The Hall–Kier alpha value is -1.73. The number of aromatic nitrogens is 2. The Kier molecular flexibility index (Phi) is 6.70. The minimum Gasteiger partial charge on any atom is -0.383 e. The number of nitrogens with two attached hydrogens (primary N) is 1. The number of rotatable bonds is 8. The van der Waals surface area contributed by atoms with Crippen molar-refractivity contribution in [2.45, 2.75) is 39.3 Å². The van der Waals surface area contributed by atoms with Gasteiger partial charge >= 0.3 is 0 Å². The molecular formula is C15H26N4O3. The quantitative estimate of drug-likeness (QED) is 0.723. The van der Waals surface area contributed by atoms with Crippen LogP contribution in [0.4, 0.5) is 0 Å². The highest BCUT2D eigenvalue weighted by Gasteiger charge is 2.27. The van der Waals surface area contributed by atoms with E-state index in [0.29, 0.717) is 25.6 Å². The average Bonchev–Trinajstić information content (AvgIpc) is 2.45. The standard InChI is InChI=1S/C15H26N4O3/c1-11(2)9-15(3,10-16)17-14(21)12-5-6-13(20)19(18-12)7-8-22-4/h5-6,11H,7-10,16H2,1-4H3,(H,17,21). The summed E-state index contributed by atoms with van der Waals surface area (Å²) in [6.07, 6.45) is 0.762. The summed E-state index contributed by atoms with van der Waals surface area (Å²) in [4.78, 5) is 24.0. The highest BCUT2D eigenvalue weighted by atomic mass is 16.5. The number of nitrogens with one attached hydrogen (secondary N) is 1. The molecule has 3 N–H and O–H groups in total. The molecule has 0 aromatic carbocycles. The molecular weight excluding hydrogens is 284 g/mol. The van der Waals surface area contributed by atoms with Gasteiger partial charge in [-0.3, -0.25) is 9.59 Å². The molecule has 1 unspecified atom stereocenters. The van der Waals surface area contributed by atoms with Gasteiger partial charge < -0.3 is 15.8 Å². The van der Waals surface area contributed by atoms with E-state index < -0.39 is 5.54 Å². The maximum atomic E-state index is 12.4. The first-order valence-electron chi connectivity index (χ1n) is 7.41. The van der Waals surface area contributed by atoms with Crippen LogP contribution in [0.2, 0.25) is 0 Å². The van der Waals surface area contributed by atoms with Gasteiger partial charge in [0, 0.05) is 19.7 Å². The van der Waals surface area contributed by atoms with Crippen LogP contribution >= 0.6 is 0 Å². The fourth-order valence-electron chi connectivity index (χ4n) is 2.33. The van der Waals surface area contributed by atoms with Crippen LogP contribution in [0.25, 0.3) is 0 Å². The number of carbonyl (C=O) groups is 1. The molecule has 0 radical (unpaired) electrons. The van der Waals surface area contributed by atoms with E-state index in [1.165, 1.54) is 16.8 Å². The first-order chi connectivity index (χ1) is 10.3. The second kappa shape index (κ2) is 8.05. The van der Waals surface area contributed by atoms with E-state index in [9.17, 15) is 9.59 Å². The van der Waals surface area contributed by atoms with E-state index in [4.69, 9.17) is 10.5 Å². The highest BCUT2D eigenvalue weighted by molar-refractivity contribution is 5.92. The summed E-state index contributed by atoms with van der Waals surface area (Å²) in [7, 11) is 1.54. The smallest absolute Gasteiger partial charge is 0.272 e. The molecule has 0 aliphatic carbocycles. The molecule has 0 bridgehead atoms. The number of ether oxygens (including phenoxy) is 1. The minimum atomic E-state index is -0.500. The summed E-state index contributed by atoms with van der Waals surface area (Å²) in [5, 5.41) is 7.00. The number of nitrogens with zero attached hydrogens (tertiary/aromatic N) is 2. The van der Waals surface area contributed by atoms with Crippen molar-refractivity contribution in [2.75, 3.05) is 20.3 Å². The van der Waals surface area contributed by atoms with Crippen LogP contribution < -0.4 is 16.6 Å². The molecule has 1 aromatic heterocycles.